The Hall–Kier alpha value is -0.970. The van der Waals surface area contributed by atoms with Gasteiger partial charge in [-0.15, -0.1) is 11.6 Å². The monoisotopic (exact) mass is 419 g/mol. The number of aliphatic hydroxyl groups is 1. The van der Waals surface area contributed by atoms with Gasteiger partial charge < -0.3 is 10.0 Å². The molecule has 0 spiro atoms. The van der Waals surface area contributed by atoms with Crippen LogP contribution < -0.4 is 4.90 Å². The van der Waals surface area contributed by atoms with E-state index in [2.05, 4.69) is 0 Å². The van der Waals surface area contributed by atoms with E-state index in [9.17, 15) is 9.90 Å². The van der Waals surface area contributed by atoms with Crippen molar-refractivity contribution in [1.29, 1.82) is 0 Å². The van der Waals surface area contributed by atoms with Gasteiger partial charge in [-0.2, -0.15) is 0 Å². The second kappa shape index (κ2) is 8.61. The third-order valence-corrected chi connectivity index (χ3v) is 5.23. The van der Waals surface area contributed by atoms with Gasteiger partial charge in [0, 0.05) is 10.7 Å². The molecule has 2 rings (SSSR count). The highest BCUT2D eigenvalue weighted by Gasteiger charge is 2.33. The molecule has 0 aliphatic rings. The molecular formula is C18H17Cl4NO2. The van der Waals surface area contributed by atoms with E-state index in [-0.39, 0.29) is 18.3 Å². The maximum absolute atomic E-state index is 12.3. The summed E-state index contributed by atoms with van der Waals surface area (Å²) < 4.78 is 0. The molecular weight excluding hydrogens is 404 g/mol. The predicted octanol–water partition coefficient (Wildman–Crippen LogP) is 5.52. The minimum atomic E-state index is -1.31. The van der Waals surface area contributed by atoms with E-state index in [1.54, 1.807) is 42.5 Å². The normalized spacial score (nSPS) is 13.4. The van der Waals surface area contributed by atoms with Crippen molar-refractivity contribution >= 4 is 58.0 Å². The molecule has 0 heterocycles. The number of carbonyl (C=O) groups excluding carboxylic acids is 1. The molecule has 134 valence electrons. The van der Waals surface area contributed by atoms with Crippen LogP contribution in [0.1, 0.15) is 18.9 Å². The molecule has 0 radical (unpaired) electrons. The van der Waals surface area contributed by atoms with Crippen molar-refractivity contribution in [2.45, 2.75) is 18.9 Å². The fraction of sp³-hybridized carbons (Fsp3) is 0.278. The summed E-state index contributed by atoms with van der Waals surface area (Å²) >= 11 is 23.7. The van der Waals surface area contributed by atoms with Gasteiger partial charge in [-0.05, 0) is 48.4 Å². The molecule has 25 heavy (non-hydrogen) atoms. The van der Waals surface area contributed by atoms with E-state index in [1.165, 1.54) is 4.90 Å². The van der Waals surface area contributed by atoms with Crippen molar-refractivity contribution in [3.05, 3.63) is 63.1 Å². The number of benzene rings is 2. The summed E-state index contributed by atoms with van der Waals surface area (Å²) in [6.07, 6.45) is 0.366. The summed E-state index contributed by atoms with van der Waals surface area (Å²) in [5.74, 6) is -0.528. The highest BCUT2D eigenvalue weighted by Crippen LogP contribution is 2.33. The van der Waals surface area contributed by atoms with E-state index in [4.69, 9.17) is 46.4 Å². The Morgan fingerprint density at radius 1 is 1.08 bits per heavy atom. The second-order valence-corrected chi connectivity index (χ2v) is 7.12. The lowest BCUT2D eigenvalue weighted by Crippen LogP contribution is -2.44. The molecule has 1 amide bonds. The van der Waals surface area contributed by atoms with Gasteiger partial charge >= 0.3 is 0 Å². The lowest BCUT2D eigenvalue weighted by Gasteiger charge is -2.34. The van der Waals surface area contributed by atoms with E-state index in [1.807, 2.05) is 6.92 Å². The number of halogens is 4. The Labute approximate surface area is 167 Å². The molecule has 0 saturated carbocycles. The molecule has 0 bridgehead atoms. The molecule has 1 atom stereocenters. The fourth-order valence-corrected chi connectivity index (χ4v) is 3.04. The van der Waals surface area contributed by atoms with Crippen molar-refractivity contribution < 1.29 is 9.90 Å². The number of anilines is 1. The van der Waals surface area contributed by atoms with Crippen molar-refractivity contribution in [2.24, 2.45) is 0 Å². The van der Waals surface area contributed by atoms with Crippen LogP contribution >= 0.6 is 46.4 Å². The number of rotatable bonds is 6. The summed E-state index contributed by atoms with van der Waals surface area (Å²) in [4.78, 5) is 13.8. The smallest absolute Gasteiger partial charge is 0.242 e. The van der Waals surface area contributed by atoms with Crippen LogP contribution in [0.2, 0.25) is 15.1 Å². The van der Waals surface area contributed by atoms with Gasteiger partial charge in [0.1, 0.15) is 11.5 Å². The molecule has 0 fully saturated rings. The number of nitrogens with zero attached hydrogens (tertiary/aromatic N) is 1. The molecule has 2 aromatic carbocycles. The Kier molecular flexibility index (Phi) is 7.01. The van der Waals surface area contributed by atoms with Crippen LogP contribution in [-0.2, 0) is 10.4 Å². The van der Waals surface area contributed by atoms with Gasteiger partial charge in [-0.3, -0.25) is 4.79 Å². The first-order valence-corrected chi connectivity index (χ1v) is 9.27. The van der Waals surface area contributed by atoms with Gasteiger partial charge in [0.05, 0.1) is 16.6 Å². The summed E-state index contributed by atoms with van der Waals surface area (Å²) in [6.45, 7) is 1.85. The first-order chi connectivity index (χ1) is 11.8. The zero-order chi connectivity index (χ0) is 18.6. The van der Waals surface area contributed by atoms with Crippen LogP contribution in [0.25, 0.3) is 0 Å². The van der Waals surface area contributed by atoms with Crippen molar-refractivity contribution in [3.8, 4) is 0 Å². The summed E-state index contributed by atoms with van der Waals surface area (Å²) in [5, 5.41) is 12.5. The van der Waals surface area contributed by atoms with Gasteiger partial charge in [0.2, 0.25) is 5.91 Å². The third kappa shape index (κ3) is 4.81. The van der Waals surface area contributed by atoms with Gasteiger partial charge in [-0.1, -0.05) is 47.8 Å². The maximum atomic E-state index is 12.3. The van der Waals surface area contributed by atoms with Gasteiger partial charge in [-0.25, -0.2) is 0 Å². The molecule has 7 heteroatoms. The van der Waals surface area contributed by atoms with E-state index >= 15 is 0 Å². The van der Waals surface area contributed by atoms with Gasteiger partial charge in [0.25, 0.3) is 0 Å². The van der Waals surface area contributed by atoms with Crippen molar-refractivity contribution in [2.75, 3.05) is 17.3 Å². The standard InChI is InChI=1S/C18H17Cl4NO2/c1-2-18(25,12-3-8-15(21)16(22)9-12)11-23(17(24)10-19)14-6-4-13(20)5-7-14/h3-9,25H,2,10-11H2,1H3. The van der Waals surface area contributed by atoms with Crippen LogP contribution in [0.15, 0.2) is 42.5 Å². The Balaban J connectivity index is 2.41. The zero-order valence-electron chi connectivity index (χ0n) is 13.5. The van der Waals surface area contributed by atoms with Crippen LogP contribution in [0.4, 0.5) is 5.69 Å². The highest BCUT2D eigenvalue weighted by atomic mass is 35.5. The lowest BCUT2D eigenvalue weighted by molar-refractivity contribution is -0.117. The minimum absolute atomic E-state index is 0.0225. The topological polar surface area (TPSA) is 40.5 Å². The van der Waals surface area contributed by atoms with E-state index < -0.39 is 5.60 Å². The highest BCUT2D eigenvalue weighted by molar-refractivity contribution is 6.42. The number of hydrogen-bond acceptors (Lipinski definition) is 2. The summed E-state index contributed by atoms with van der Waals surface area (Å²) in [5.41, 5.74) is -0.136. The van der Waals surface area contributed by atoms with Crippen molar-refractivity contribution in [1.82, 2.24) is 0 Å². The van der Waals surface area contributed by atoms with E-state index in [0.717, 1.165) is 0 Å². The lowest BCUT2D eigenvalue weighted by atomic mass is 9.90. The molecule has 3 nitrogen and oxygen atoms in total. The number of alkyl halides is 1. The third-order valence-electron chi connectivity index (χ3n) is 4.02. The molecule has 2 aromatic rings. The van der Waals surface area contributed by atoms with Gasteiger partial charge in [0.15, 0.2) is 0 Å². The molecule has 1 unspecified atom stereocenters. The number of carbonyl (C=O) groups is 1. The SMILES string of the molecule is CCC(O)(CN(C(=O)CCl)c1ccc(Cl)cc1)c1ccc(Cl)c(Cl)c1. The summed E-state index contributed by atoms with van der Waals surface area (Å²) in [6, 6.07) is 11.7. The van der Waals surface area contributed by atoms with Crippen LogP contribution in [0.3, 0.4) is 0 Å². The second-order valence-electron chi connectivity index (χ2n) is 5.60. The number of hydrogen-bond donors (Lipinski definition) is 1. The quantitative estimate of drug-likeness (QED) is 0.625. The molecule has 0 aliphatic carbocycles. The maximum Gasteiger partial charge on any atom is 0.242 e. The molecule has 1 N–H and O–H groups in total. The molecule has 0 saturated heterocycles. The predicted molar refractivity (Wildman–Crippen MR) is 105 cm³/mol. The Bertz CT molecular complexity index is 751. The zero-order valence-corrected chi connectivity index (χ0v) is 16.5. The first kappa shape index (κ1) is 20.3. The average Bonchev–Trinajstić information content (AvgIpc) is 2.62. The minimum Gasteiger partial charge on any atom is -0.383 e. The van der Waals surface area contributed by atoms with Crippen LogP contribution in [-0.4, -0.2) is 23.4 Å². The first-order valence-electron chi connectivity index (χ1n) is 7.60. The fourth-order valence-electron chi connectivity index (χ4n) is 2.47. The largest absolute Gasteiger partial charge is 0.383 e. The summed E-state index contributed by atoms with van der Waals surface area (Å²) in [7, 11) is 0. The Morgan fingerprint density at radius 3 is 2.24 bits per heavy atom. The molecule has 0 aliphatic heterocycles. The van der Waals surface area contributed by atoms with Crippen LogP contribution in [0, 0.1) is 0 Å². The van der Waals surface area contributed by atoms with Crippen molar-refractivity contribution in [3.63, 3.8) is 0 Å². The average molecular weight is 421 g/mol. The number of amides is 1. The van der Waals surface area contributed by atoms with Crippen LogP contribution in [0.5, 0.6) is 0 Å². The molecule has 0 aromatic heterocycles. The Morgan fingerprint density at radius 2 is 1.72 bits per heavy atom. The van der Waals surface area contributed by atoms with E-state index in [0.29, 0.717) is 32.7 Å².